The monoisotopic (exact) mass is 455 g/mol. The largest absolute Gasteiger partial charge is 0.497 e. The van der Waals surface area contributed by atoms with Crippen LogP contribution in [0.4, 0.5) is 0 Å². The van der Waals surface area contributed by atoms with E-state index < -0.39 is 0 Å². The van der Waals surface area contributed by atoms with Gasteiger partial charge in [-0.05, 0) is 42.7 Å². The lowest BCUT2D eigenvalue weighted by atomic mass is 10.2. The lowest BCUT2D eigenvalue weighted by molar-refractivity contribution is 0.414. The Morgan fingerprint density at radius 3 is 2.60 bits per heavy atom. The first-order valence-electron chi connectivity index (χ1n) is 8.54. The highest BCUT2D eigenvalue weighted by molar-refractivity contribution is 14.0. The number of ether oxygens (including phenoxy) is 1. The van der Waals surface area contributed by atoms with Gasteiger partial charge in [-0.15, -0.1) is 24.0 Å². The quantitative estimate of drug-likeness (QED) is 0.410. The van der Waals surface area contributed by atoms with E-state index in [1.165, 1.54) is 18.4 Å². The Kier molecular flexibility index (Phi) is 8.11. The zero-order valence-electron chi connectivity index (χ0n) is 14.6. The number of hydrogen-bond donors (Lipinski definition) is 1. The Bertz CT molecular complexity index is 635. The highest BCUT2D eigenvalue weighted by Crippen LogP contribution is 2.13. The van der Waals surface area contributed by atoms with Gasteiger partial charge in [0, 0.05) is 26.1 Å². The van der Waals surface area contributed by atoms with E-state index in [0.717, 1.165) is 43.5 Å². The van der Waals surface area contributed by atoms with Crippen molar-refractivity contribution in [2.24, 2.45) is 4.99 Å². The molecule has 0 spiro atoms. The summed E-state index contributed by atoms with van der Waals surface area (Å²) in [6, 6.07) is 12.0. The van der Waals surface area contributed by atoms with Crippen molar-refractivity contribution < 1.29 is 9.15 Å². The number of nitrogens with one attached hydrogen (secondary N) is 1. The summed E-state index contributed by atoms with van der Waals surface area (Å²) in [6.45, 7) is 3.65. The van der Waals surface area contributed by atoms with Crippen LogP contribution < -0.4 is 10.1 Å². The van der Waals surface area contributed by atoms with Gasteiger partial charge in [0.15, 0.2) is 5.96 Å². The molecule has 136 valence electrons. The Morgan fingerprint density at radius 1 is 1.20 bits per heavy atom. The number of guanidine groups is 1. The summed E-state index contributed by atoms with van der Waals surface area (Å²) in [4.78, 5) is 7.15. The van der Waals surface area contributed by atoms with E-state index in [9.17, 15) is 0 Å². The molecule has 0 unspecified atom stereocenters. The second-order valence-electron chi connectivity index (χ2n) is 5.94. The van der Waals surface area contributed by atoms with Crippen molar-refractivity contribution in [3.05, 3.63) is 54.0 Å². The van der Waals surface area contributed by atoms with E-state index >= 15 is 0 Å². The van der Waals surface area contributed by atoms with E-state index in [-0.39, 0.29) is 24.0 Å². The number of rotatable bonds is 6. The van der Waals surface area contributed by atoms with E-state index in [0.29, 0.717) is 6.54 Å². The summed E-state index contributed by atoms with van der Waals surface area (Å²) in [5.41, 5.74) is 1.18. The smallest absolute Gasteiger partial charge is 0.194 e. The number of methoxy groups -OCH3 is 1. The maximum Gasteiger partial charge on any atom is 0.194 e. The van der Waals surface area contributed by atoms with Gasteiger partial charge >= 0.3 is 0 Å². The molecule has 3 rings (SSSR count). The molecule has 0 saturated carbocycles. The third kappa shape index (κ3) is 5.95. The van der Waals surface area contributed by atoms with Gasteiger partial charge in [-0.1, -0.05) is 12.1 Å². The molecular formula is C19H26IN3O2. The molecule has 1 aromatic carbocycles. The van der Waals surface area contributed by atoms with Crippen molar-refractivity contribution >= 4 is 29.9 Å². The van der Waals surface area contributed by atoms with Crippen LogP contribution in [0.2, 0.25) is 0 Å². The number of halogens is 1. The molecule has 2 aromatic rings. The van der Waals surface area contributed by atoms with Crippen LogP contribution in [0, 0.1) is 0 Å². The van der Waals surface area contributed by atoms with Crippen molar-refractivity contribution in [2.75, 3.05) is 26.7 Å². The van der Waals surface area contributed by atoms with E-state index in [4.69, 9.17) is 14.1 Å². The fourth-order valence-electron chi connectivity index (χ4n) is 2.85. The number of benzene rings is 1. The predicted octanol–water partition coefficient (Wildman–Crippen LogP) is 3.69. The molecular weight excluding hydrogens is 429 g/mol. The summed E-state index contributed by atoms with van der Waals surface area (Å²) in [7, 11) is 1.68. The first-order valence-corrected chi connectivity index (χ1v) is 8.54. The standard InChI is InChI=1S/C19H25N3O2.HI/c1-23-17-8-6-16(7-9-17)15-21-19(22-12-2-3-13-22)20-11-10-18-5-4-14-24-18;/h4-9,14H,2-3,10-13,15H2,1H3,(H,20,21);1H. The number of aliphatic imine (C=N–C) groups is 1. The van der Waals surface area contributed by atoms with Crippen LogP contribution in [0.5, 0.6) is 5.75 Å². The van der Waals surface area contributed by atoms with E-state index in [1.807, 2.05) is 24.3 Å². The molecule has 0 radical (unpaired) electrons. The molecule has 0 aliphatic carbocycles. The van der Waals surface area contributed by atoms with Crippen molar-refractivity contribution in [3.63, 3.8) is 0 Å². The first kappa shape index (κ1) is 19.6. The molecule has 1 N–H and O–H groups in total. The van der Waals surface area contributed by atoms with Crippen LogP contribution in [0.1, 0.15) is 24.2 Å². The number of hydrogen-bond acceptors (Lipinski definition) is 3. The zero-order chi connectivity index (χ0) is 16.6. The lowest BCUT2D eigenvalue weighted by Crippen LogP contribution is -2.40. The third-order valence-corrected chi connectivity index (χ3v) is 4.21. The van der Waals surface area contributed by atoms with E-state index in [2.05, 4.69) is 22.3 Å². The summed E-state index contributed by atoms with van der Waals surface area (Å²) < 4.78 is 10.6. The van der Waals surface area contributed by atoms with Gasteiger partial charge in [0.05, 0.1) is 19.9 Å². The van der Waals surface area contributed by atoms with Gasteiger partial charge in [0.2, 0.25) is 0 Å². The zero-order valence-corrected chi connectivity index (χ0v) is 16.9. The van der Waals surface area contributed by atoms with Crippen LogP contribution in [0.25, 0.3) is 0 Å². The SMILES string of the molecule is COc1ccc(CN=C(NCCc2ccco2)N2CCCC2)cc1.I. The maximum atomic E-state index is 5.39. The molecule has 6 heteroatoms. The van der Waals surface area contributed by atoms with Gasteiger partial charge < -0.3 is 19.4 Å². The molecule has 25 heavy (non-hydrogen) atoms. The number of nitrogens with zero attached hydrogens (tertiary/aromatic N) is 2. The molecule has 0 amide bonds. The fraction of sp³-hybridized carbons (Fsp3) is 0.421. The van der Waals surface area contributed by atoms with Crippen LogP contribution in [-0.2, 0) is 13.0 Å². The topological polar surface area (TPSA) is 50.0 Å². The molecule has 0 atom stereocenters. The van der Waals surface area contributed by atoms with Crippen LogP contribution in [0.15, 0.2) is 52.1 Å². The van der Waals surface area contributed by atoms with Gasteiger partial charge in [-0.2, -0.15) is 0 Å². The molecule has 1 aliphatic heterocycles. The van der Waals surface area contributed by atoms with Crippen molar-refractivity contribution in [2.45, 2.75) is 25.8 Å². The third-order valence-electron chi connectivity index (χ3n) is 4.21. The summed E-state index contributed by atoms with van der Waals surface area (Å²) in [5, 5.41) is 3.48. The van der Waals surface area contributed by atoms with Crippen molar-refractivity contribution in [1.29, 1.82) is 0 Å². The first-order chi connectivity index (χ1) is 11.8. The normalized spacial score (nSPS) is 14.3. The Labute approximate surface area is 166 Å². The van der Waals surface area contributed by atoms with Crippen LogP contribution >= 0.6 is 24.0 Å². The highest BCUT2D eigenvalue weighted by atomic mass is 127. The van der Waals surface area contributed by atoms with Gasteiger partial charge in [0.25, 0.3) is 0 Å². The second kappa shape index (κ2) is 10.3. The highest BCUT2D eigenvalue weighted by Gasteiger charge is 2.15. The maximum absolute atomic E-state index is 5.39. The number of furan rings is 1. The van der Waals surface area contributed by atoms with E-state index in [1.54, 1.807) is 13.4 Å². The summed E-state index contributed by atoms with van der Waals surface area (Å²) in [6.07, 6.45) is 5.06. The molecule has 2 heterocycles. The van der Waals surface area contributed by atoms with Crippen LogP contribution in [0.3, 0.4) is 0 Å². The summed E-state index contributed by atoms with van der Waals surface area (Å²) >= 11 is 0. The molecule has 1 aliphatic rings. The predicted molar refractivity (Wildman–Crippen MR) is 111 cm³/mol. The minimum absolute atomic E-state index is 0. The molecule has 1 saturated heterocycles. The molecule has 1 fully saturated rings. The molecule has 5 nitrogen and oxygen atoms in total. The second-order valence-corrected chi connectivity index (χ2v) is 5.94. The average molecular weight is 455 g/mol. The van der Waals surface area contributed by atoms with Crippen LogP contribution in [-0.4, -0.2) is 37.6 Å². The Morgan fingerprint density at radius 2 is 1.96 bits per heavy atom. The molecule has 0 bridgehead atoms. The van der Waals surface area contributed by atoms with Gasteiger partial charge in [-0.3, -0.25) is 0 Å². The Balaban J connectivity index is 0.00000225. The van der Waals surface area contributed by atoms with Crippen molar-refractivity contribution in [3.8, 4) is 5.75 Å². The fourth-order valence-corrected chi connectivity index (χ4v) is 2.85. The minimum Gasteiger partial charge on any atom is -0.497 e. The average Bonchev–Trinajstić information content (AvgIpc) is 3.32. The Hall–Kier alpha value is -1.70. The molecule has 1 aromatic heterocycles. The lowest BCUT2D eigenvalue weighted by Gasteiger charge is -2.21. The van der Waals surface area contributed by atoms with Crippen molar-refractivity contribution in [1.82, 2.24) is 10.2 Å². The van der Waals surface area contributed by atoms with Gasteiger partial charge in [-0.25, -0.2) is 4.99 Å². The summed E-state index contributed by atoms with van der Waals surface area (Å²) in [5.74, 6) is 2.87. The van der Waals surface area contributed by atoms with Gasteiger partial charge in [0.1, 0.15) is 11.5 Å². The minimum atomic E-state index is 0. The number of likely N-dealkylation sites (tertiary alicyclic amines) is 1.